The fourth-order valence-electron chi connectivity index (χ4n) is 3.74. The van der Waals surface area contributed by atoms with Crippen LogP contribution in [0.1, 0.15) is 158 Å². The predicted molar refractivity (Wildman–Crippen MR) is 126 cm³/mol. The Bertz CT molecular complexity index is 387. The molecule has 0 saturated heterocycles. The number of rotatable bonds is 22. The van der Waals surface area contributed by atoms with E-state index in [4.69, 9.17) is 4.74 Å². The van der Waals surface area contributed by atoms with Crippen LogP contribution in [0.15, 0.2) is 0 Å². The van der Waals surface area contributed by atoms with Crippen LogP contribution in [0.25, 0.3) is 0 Å². The second-order valence-electron chi connectivity index (χ2n) is 8.71. The molecule has 0 aliphatic rings. The first-order valence-corrected chi connectivity index (χ1v) is 12.9. The molecule has 0 amide bonds. The van der Waals surface area contributed by atoms with Gasteiger partial charge in [0.2, 0.25) is 0 Å². The molecule has 0 fully saturated rings. The van der Waals surface area contributed by atoms with Gasteiger partial charge in [-0.25, -0.2) is 0 Å². The van der Waals surface area contributed by atoms with Gasteiger partial charge in [-0.3, -0.25) is 9.59 Å². The zero-order valence-electron chi connectivity index (χ0n) is 23.8. The average molecular weight is 459 g/mol. The molecule has 0 radical (unpaired) electrons. The Labute approximate surface area is 241 Å². The molecule has 0 bridgehead atoms. The maximum Gasteiger partial charge on any atom is 1.00 e. The molecule has 0 aromatic rings. The van der Waals surface area contributed by atoms with E-state index < -0.39 is 0 Å². The first kappa shape index (κ1) is 36.7. The number of hydrogen-bond donors (Lipinski definition) is 0. The number of carbonyl (C=O) groups excluding carboxylic acids is 2. The quantitative estimate of drug-likeness (QED) is 0.108. The fourth-order valence-corrected chi connectivity index (χ4v) is 3.74. The molecule has 0 aromatic heterocycles. The summed E-state index contributed by atoms with van der Waals surface area (Å²) >= 11 is 0. The third-order valence-electron chi connectivity index (χ3n) is 5.70. The van der Waals surface area contributed by atoms with Crippen molar-refractivity contribution in [3.8, 4) is 0 Å². The number of esters is 2. The van der Waals surface area contributed by atoms with E-state index in [-0.39, 0.29) is 73.9 Å². The van der Waals surface area contributed by atoms with Gasteiger partial charge >= 0.3 is 71.1 Å². The van der Waals surface area contributed by atoms with Crippen molar-refractivity contribution in [2.24, 2.45) is 0 Å². The average Bonchev–Trinajstić information content (AvgIpc) is 2.70. The SMILES string of the molecule is CCCCCCCCCCCCCCCC(=O)OC(=O)CCCCCCCCC.[H-].[H-].[Na+].[Na+]. The molecule has 0 aliphatic carbocycles. The summed E-state index contributed by atoms with van der Waals surface area (Å²) in [4.78, 5) is 23.4. The summed E-state index contributed by atoms with van der Waals surface area (Å²) in [5.74, 6) is -0.667. The van der Waals surface area contributed by atoms with Gasteiger partial charge in [0, 0.05) is 12.8 Å². The Hall–Kier alpha value is 1.14. The third kappa shape index (κ3) is 31.1. The second kappa shape index (κ2) is 31.1. The maximum absolute atomic E-state index is 11.7. The number of unbranched alkanes of at least 4 members (excludes halogenated alkanes) is 18. The third-order valence-corrected chi connectivity index (χ3v) is 5.70. The summed E-state index contributed by atoms with van der Waals surface area (Å²) in [6, 6.07) is 0. The van der Waals surface area contributed by atoms with E-state index in [9.17, 15) is 9.59 Å². The molecule has 0 heterocycles. The van der Waals surface area contributed by atoms with Gasteiger partial charge in [-0.15, -0.1) is 0 Å². The van der Waals surface area contributed by atoms with E-state index in [1.54, 1.807) is 0 Å². The summed E-state index contributed by atoms with van der Waals surface area (Å²) in [5.41, 5.74) is 0. The molecule has 0 saturated carbocycles. The van der Waals surface area contributed by atoms with E-state index in [2.05, 4.69) is 13.8 Å². The van der Waals surface area contributed by atoms with E-state index >= 15 is 0 Å². The van der Waals surface area contributed by atoms with E-state index in [0.29, 0.717) is 12.8 Å². The van der Waals surface area contributed by atoms with Crippen molar-refractivity contribution >= 4 is 11.9 Å². The minimum atomic E-state index is -0.335. The van der Waals surface area contributed by atoms with Gasteiger partial charge in [-0.05, 0) is 12.8 Å². The Kier molecular flexibility index (Phi) is 36.9. The number of ether oxygens (including phenoxy) is 1. The fraction of sp³-hybridized carbons (Fsp3) is 0.923. The van der Waals surface area contributed by atoms with E-state index in [0.717, 1.165) is 25.7 Å². The van der Waals surface area contributed by atoms with Crippen LogP contribution in [-0.4, -0.2) is 11.9 Å². The van der Waals surface area contributed by atoms with Gasteiger partial charge in [0.25, 0.3) is 0 Å². The smallest absolute Gasteiger partial charge is 1.00 e. The molecule has 0 unspecified atom stereocenters. The Morgan fingerprint density at radius 2 is 0.677 bits per heavy atom. The summed E-state index contributed by atoms with van der Waals surface area (Å²) in [5, 5.41) is 0. The van der Waals surface area contributed by atoms with Crippen molar-refractivity contribution in [3.63, 3.8) is 0 Å². The van der Waals surface area contributed by atoms with Gasteiger partial charge in [0.15, 0.2) is 0 Å². The monoisotopic (exact) mass is 458 g/mol. The van der Waals surface area contributed by atoms with Crippen molar-refractivity contribution in [1.82, 2.24) is 0 Å². The molecule has 176 valence electrons. The number of carbonyl (C=O) groups is 2. The van der Waals surface area contributed by atoms with Crippen molar-refractivity contribution < 1.29 is 76.3 Å². The molecule has 31 heavy (non-hydrogen) atoms. The summed E-state index contributed by atoms with van der Waals surface area (Å²) in [6.07, 6.45) is 25.7. The summed E-state index contributed by atoms with van der Waals surface area (Å²) in [7, 11) is 0. The van der Waals surface area contributed by atoms with Gasteiger partial charge in [0.1, 0.15) is 0 Å². The van der Waals surface area contributed by atoms with Crippen LogP contribution in [-0.2, 0) is 14.3 Å². The van der Waals surface area contributed by atoms with Crippen molar-refractivity contribution in [1.29, 1.82) is 0 Å². The minimum Gasteiger partial charge on any atom is -1.00 e. The maximum atomic E-state index is 11.7. The normalized spacial score (nSPS) is 10.3. The molecule has 0 rings (SSSR count). The van der Waals surface area contributed by atoms with Gasteiger partial charge in [-0.2, -0.15) is 0 Å². The van der Waals surface area contributed by atoms with Crippen molar-refractivity contribution in [2.45, 2.75) is 155 Å². The predicted octanol–water partition coefficient (Wildman–Crippen LogP) is 2.91. The molecule has 0 N–H and O–H groups in total. The Morgan fingerprint density at radius 1 is 0.452 bits per heavy atom. The molecule has 0 spiro atoms. The molecule has 0 atom stereocenters. The molecule has 0 aromatic carbocycles. The largest absolute Gasteiger partial charge is 1.00 e. The van der Waals surface area contributed by atoms with Crippen LogP contribution in [0.4, 0.5) is 0 Å². The zero-order chi connectivity index (χ0) is 21.4. The van der Waals surface area contributed by atoms with Gasteiger partial charge in [0.05, 0.1) is 0 Å². The summed E-state index contributed by atoms with van der Waals surface area (Å²) in [6.45, 7) is 4.48. The van der Waals surface area contributed by atoms with Crippen LogP contribution >= 0.6 is 0 Å². The van der Waals surface area contributed by atoms with E-state index in [1.165, 1.54) is 103 Å². The zero-order valence-corrected chi connectivity index (χ0v) is 25.8. The van der Waals surface area contributed by atoms with Gasteiger partial charge < -0.3 is 7.59 Å². The Morgan fingerprint density at radius 3 is 0.935 bits per heavy atom. The standard InChI is InChI=1S/C26H50O3.2Na.2H/c1-3-5-7-9-11-12-13-14-15-16-18-20-22-24-26(28)29-25(27)23-21-19-17-10-8-6-4-2;;;;/h3-24H2,1-2H3;;;;/q;2*+1;2*-1. The molecular weight excluding hydrogens is 406 g/mol. The molecule has 5 heteroatoms. The molecule has 3 nitrogen and oxygen atoms in total. The second-order valence-corrected chi connectivity index (χ2v) is 8.71. The first-order chi connectivity index (χ1) is 14.2. The van der Waals surface area contributed by atoms with Gasteiger partial charge in [-0.1, -0.05) is 129 Å². The van der Waals surface area contributed by atoms with Crippen LogP contribution in [0.3, 0.4) is 0 Å². The molecule has 0 aliphatic heterocycles. The van der Waals surface area contributed by atoms with Crippen LogP contribution in [0, 0.1) is 0 Å². The van der Waals surface area contributed by atoms with Crippen molar-refractivity contribution in [3.05, 3.63) is 0 Å². The number of hydrogen-bond acceptors (Lipinski definition) is 3. The minimum absolute atomic E-state index is 0. The van der Waals surface area contributed by atoms with Crippen LogP contribution < -0.4 is 59.1 Å². The Balaban J connectivity index is -0.000000653. The topological polar surface area (TPSA) is 43.4 Å². The molecular formula is C26H52Na2O3. The summed E-state index contributed by atoms with van der Waals surface area (Å²) < 4.78 is 4.92. The van der Waals surface area contributed by atoms with Crippen LogP contribution in [0.5, 0.6) is 0 Å². The van der Waals surface area contributed by atoms with Crippen molar-refractivity contribution in [2.75, 3.05) is 0 Å². The van der Waals surface area contributed by atoms with Crippen LogP contribution in [0.2, 0.25) is 0 Å². The first-order valence-electron chi connectivity index (χ1n) is 12.9. The van der Waals surface area contributed by atoms with E-state index in [1.807, 2.05) is 0 Å².